The second-order valence-electron chi connectivity index (χ2n) is 6.81. The summed E-state index contributed by atoms with van der Waals surface area (Å²) >= 11 is 5.29. The summed E-state index contributed by atoms with van der Waals surface area (Å²) in [6.07, 6.45) is 3.83. The minimum absolute atomic E-state index is 0.128. The molecule has 29 heavy (non-hydrogen) atoms. The van der Waals surface area contributed by atoms with Gasteiger partial charge < -0.3 is 14.2 Å². The predicted octanol–water partition coefficient (Wildman–Crippen LogP) is 3.89. The van der Waals surface area contributed by atoms with Crippen molar-refractivity contribution in [3.8, 4) is 5.75 Å². The van der Waals surface area contributed by atoms with Crippen LogP contribution in [0, 0.1) is 5.82 Å². The monoisotopic (exact) mass is 409 g/mol. The number of carbonyl (C=O) groups excluding carboxylic acids is 1. The van der Waals surface area contributed by atoms with E-state index in [4.69, 9.17) is 17.0 Å². The van der Waals surface area contributed by atoms with Gasteiger partial charge in [-0.1, -0.05) is 30.3 Å². The second kappa shape index (κ2) is 7.67. The van der Waals surface area contributed by atoms with E-state index in [0.29, 0.717) is 24.0 Å². The number of para-hydroxylation sites is 2. The van der Waals surface area contributed by atoms with E-state index in [1.807, 2.05) is 41.1 Å². The van der Waals surface area contributed by atoms with Crippen LogP contribution in [0.4, 0.5) is 4.39 Å². The number of hydrogen-bond acceptors (Lipinski definition) is 3. The number of likely N-dealkylation sites (N-methyl/N-ethyl adjacent to an activating group) is 2. The molecule has 0 atom stereocenters. The van der Waals surface area contributed by atoms with Crippen molar-refractivity contribution in [1.82, 2.24) is 14.4 Å². The molecule has 4 rings (SSSR count). The molecular weight excluding hydrogens is 389 g/mol. The van der Waals surface area contributed by atoms with E-state index in [1.54, 1.807) is 37.2 Å². The van der Waals surface area contributed by atoms with Gasteiger partial charge in [0.2, 0.25) is 0 Å². The van der Waals surface area contributed by atoms with Crippen LogP contribution >= 0.6 is 12.2 Å². The van der Waals surface area contributed by atoms with Gasteiger partial charge in [0.15, 0.2) is 16.7 Å². The zero-order chi connectivity index (χ0) is 20.5. The molecule has 0 radical (unpaired) electrons. The molecule has 1 saturated heterocycles. The Balaban J connectivity index is 1.62. The van der Waals surface area contributed by atoms with Crippen molar-refractivity contribution in [2.24, 2.45) is 0 Å². The second-order valence-corrected chi connectivity index (χ2v) is 7.17. The van der Waals surface area contributed by atoms with Crippen LogP contribution in [-0.4, -0.2) is 46.1 Å². The molecule has 148 valence electrons. The van der Waals surface area contributed by atoms with Gasteiger partial charge in [-0.25, -0.2) is 4.39 Å². The predicted molar refractivity (Wildman–Crippen MR) is 115 cm³/mol. The molecule has 0 aliphatic carbocycles. The number of amides is 1. The maximum atomic E-state index is 13.7. The minimum atomic E-state index is -0.377. The molecule has 1 amide bonds. The first-order valence-corrected chi connectivity index (χ1v) is 9.61. The van der Waals surface area contributed by atoms with Crippen LogP contribution in [0.5, 0.6) is 5.75 Å². The van der Waals surface area contributed by atoms with Crippen LogP contribution in [0.25, 0.3) is 17.0 Å². The number of ether oxygens (including phenoxy) is 1. The lowest BCUT2D eigenvalue weighted by molar-refractivity contribution is -0.121. The Morgan fingerprint density at radius 1 is 1.07 bits per heavy atom. The molecule has 0 unspecified atom stereocenters. The van der Waals surface area contributed by atoms with E-state index in [1.165, 1.54) is 11.0 Å². The summed E-state index contributed by atoms with van der Waals surface area (Å²) in [6, 6.07) is 14.3. The molecule has 0 bridgehead atoms. The zero-order valence-corrected chi connectivity index (χ0v) is 16.9. The van der Waals surface area contributed by atoms with Gasteiger partial charge in [0.1, 0.15) is 12.3 Å². The fourth-order valence-electron chi connectivity index (χ4n) is 3.43. The first-order chi connectivity index (χ1) is 14.0. The van der Waals surface area contributed by atoms with Crippen molar-refractivity contribution in [2.45, 2.75) is 6.54 Å². The summed E-state index contributed by atoms with van der Waals surface area (Å²) in [6.45, 7) is 0.862. The number of carbonyl (C=O) groups is 1. The smallest absolute Gasteiger partial charge is 0.276 e. The van der Waals surface area contributed by atoms with Crippen LogP contribution in [-0.2, 0) is 11.3 Å². The highest BCUT2D eigenvalue weighted by molar-refractivity contribution is 7.80. The van der Waals surface area contributed by atoms with Crippen LogP contribution in [0.1, 0.15) is 5.56 Å². The average molecular weight is 409 g/mol. The molecule has 2 aromatic carbocycles. The number of halogens is 1. The third-order valence-corrected chi connectivity index (χ3v) is 5.54. The highest BCUT2D eigenvalue weighted by Crippen LogP contribution is 2.27. The molecule has 0 N–H and O–H groups in total. The lowest BCUT2D eigenvalue weighted by Crippen LogP contribution is -2.26. The van der Waals surface area contributed by atoms with Gasteiger partial charge in [-0.15, -0.1) is 0 Å². The Morgan fingerprint density at radius 3 is 2.52 bits per heavy atom. The summed E-state index contributed by atoms with van der Waals surface area (Å²) in [5.74, 6) is -0.267. The van der Waals surface area contributed by atoms with E-state index in [2.05, 4.69) is 0 Å². The van der Waals surface area contributed by atoms with Crippen molar-refractivity contribution in [3.63, 3.8) is 0 Å². The first kappa shape index (κ1) is 19.1. The number of fused-ring (bicyclic) bond motifs is 1. The molecular formula is C22H20FN3O2S. The Morgan fingerprint density at radius 2 is 1.79 bits per heavy atom. The number of nitrogens with zero attached hydrogens (tertiary/aromatic N) is 3. The van der Waals surface area contributed by atoms with E-state index >= 15 is 0 Å². The van der Waals surface area contributed by atoms with E-state index in [9.17, 15) is 9.18 Å². The average Bonchev–Trinajstić information content (AvgIpc) is 3.16. The van der Waals surface area contributed by atoms with Gasteiger partial charge >= 0.3 is 0 Å². The van der Waals surface area contributed by atoms with Gasteiger partial charge in [-0.3, -0.25) is 9.69 Å². The molecule has 0 saturated carbocycles. The molecule has 2 heterocycles. The van der Waals surface area contributed by atoms with Crippen LogP contribution in [0.3, 0.4) is 0 Å². The van der Waals surface area contributed by atoms with Crippen molar-refractivity contribution in [1.29, 1.82) is 0 Å². The highest BCUT2D eigenvalue weighted by Gasteiger charge is 2.32. The van der Waals surface area contributed by atoms with Crippen LogP contribution in [0.2, 0.25) is 0 Å². The summed E-state index contributed by atoms with van der Waals surface area (Å²) in [5, 5.41) is 1.50. The maximum Gasteiger partial charge on any atom is 0.276 e. The lowest BCUT2D eigenvalue weighted by atomic mass is 10.1. The number of hydrogen-bond donors (Lipinski definition) is 0. The number of rotatable bonds is 5. The Hall–Kier alpha value is -3.19. The zero-order valence-electron chi connectivity index (χ0n) is 16.1. The molecule has 1 aliphatic heterocycles. The standard InChI is InChI=1S/C22H20FN3O2S/c1-24-19(21(27)25(2)22(24)29)13-15-14-26(18-9-5-3-7-16(15)18)11-12-28-20-10-6-4-8-17(20)23/h3-10,13-14H,11-12H2,1-2H3/b19-13+. The van der Waals surface area contributed by atoms with Crippen LogP contribution in [0.15, 0.2) is 60.4 Å². The van der Waals surface area contributed by atoms with Gasteiger partial charge in [0.05, 0.1) is 6.54 Å². The molecule has 1 aromatic heterocycles. The van der Waals surface area contributed by atoms with E-state index < -0.39 is 0 Å². The third kappa shape index (κ3) is 3.49. The fourth-order valence-corrected chi connectivity index (χ4v) is 3.61. The quantitative estimate of drug-likeness (QED) is 0.473. The number of benzene rings is 2. The highest BCUT2D eigenvalue weighted by atomic mass is 32.1. The van der Waals surface area contributed by atoms with Crippen molar-refractivity contribution >= 4 is 40.2 Å². The third-order valence-electron chi connectivity index (χ3n) is 5.00. The maximum absolute atomic E-state index is 13.7. The molecule has 7 heteroatoms. The normalized spacial score (nSPS) is 15.8. The fraction of sp³-hybridized carbons (Fsp3) is 0.182. The molecule has 3 aromatic rings. The Labute approximate surface area is 173 Å². The van der Waals surface area contributed by atoms with E-state index in [0.717, 1.165) is 16.5 Å². The van der Waals surface area contributed by atoms with Gasteiger partial charge in [-0.05, 0) is 36.5 Å². The first-order valence-electron chi connectivity index (χ1n) is 9.20. The van der Waals surface area contributed by atoms with E-state index in [-0.39, 0.29) is 17.5 Å². The largest absolute Gasteiger partial charge is 0.489 e. The SMILES string of the molecule is CN1C(=O)/C(=C\c2cn(CCOc3ccccc3F)c3ccccc23)N(C)C1=S. The Bertz CT molecular complexity index is 1140. The summed E-state index contributed by atoms with van der Waals surface area (Å²) in [5.41, 5.74) is 2.46. The van der Waals surface area contributed by atoms with Crippen LogP contribution < -0.4 is 4.74 Å². The van der Waals surface area contributed by atoms with Gasteiger partial charge in [0, 0.05) is 36.8 Å². The van der Waals surface area contributed by atoms with Crippen molar-refractivity contribution in [3.05, 3.63) is 71.8 Å². The van der Waals surface area contributed by atoms with Gasteiger partial charge in [0.25, 0.3) is 5.91 Å². The number of aromatic nitrogens is 1. The summed E-state index contributed by atoms with van der Waals surface area (Å²) in [7, 11) is 3.46. The van der Waals surface area contributed by atoms with Crippen molar-refractivity contribution < 1.29 is 13.9 Å². The van der Waals surface area contributed by atoms with Crippen molar-refractivity contribution in [2.75, 3.05) is 20.7 Å². The minimum Gasteiger partial charge on any atom is -0.489 e. The summed E-state index contributed by atoms with van der Waals surface area (Å²) in [4.78, 5) is 15.7. The van der Waals surface area contributed by atoms with Gasteiger partial charge in [-0.2, -0.15) is 0 Å². The molecule has 0 spiro atoms. The molecule has 1 fully saturated rings. The summed E-state index contributed by atoms with van der Waals surface area (Å²) < 4.78 is 21.4. The lowest BCUT2D eigenvalue weighted by Gasteiger charge is -2.10. The number of thiocarbonyl (C=S) groups is 1. The topological polar surface area (TPSA) is 37.7 Å². The Kier molecular flexibility index (Phi) is 5.07. The molecule has 5 nitrogen and oxygen atoms in total. The molecule has 1 aliphatic rings.